The number of alkyl halides is 2. The van der Waals surface area contributed by atoms with E-state index in [0.717, 1.165) is 13.2 Å². The van der Waals surface area contributed by atoms with E-state index in [1.165, 1.54) is 54.0 Å². The molecule has 3 fully saturated rings. The summed E-state index contributed by atoms with van der Waals surface area (Å²) in [7, 11) is -0.277. The number of aldehydes is 1. The zero-order valence-electron chi connectivity index (χ0n) is 25.6. The summed E-state index contributed by atoms with van der Waals surface area (Å²) < 4.78 is 60.4. The molecule has 1 heterocycles. The molecular formula is C31H37FIN2O9PS. The third-order valence-corrected chi connectivity index (χ3v) is 12.9. The van der Waals surface area contributed by atoms with E-state index in [4.69, 9.17) is 18.9 Å². The lowest BCUT2D eigenvalue weighted by Gasteiger charge is -2.33. The van der Waals surface area contributed by atoms with Gasteiger partial charge in [-0.3, -0.25) is 9.59 Å². The van der Waals surface area contributed by atoms with Gasteiger partial charge in [-0.15, -0.1) is 9.24 Å². The number of carbonyl (C=O) groups excluding carboxylic acids is 3. The average molecular weight is 791 g/mol. The Morgan fingerprint density at radius 1 is 1.17 bits per heavy atom. The van der Waals surface area contributed by atoms with Gasteiger partial charge in [0, 0.05) is 16.4 Å². The molecule has 1 aliphatic heterocycles. The number of benzene rings is 2. The molecular weight excluding hydrogens is 753 g/mol. The number of hydrogen-bond donors (Lipinski definition) is 2. The van der Waals surface area contributed by atoms with Gasteiger partial charge in [0.05, 0.1) is 41.7 Å². The lowest BCUT2D eigenvalue weighted by Crippen LogP contribution is -2.48. The molecule has 0 aromatic heterocycles. The number of amides is 2. The lowest BCUT2D eigenvalue weighted by molar-refractivity contribution is -0.121. The Balaban J connectivity index is 1.34. The van der Waals surface area contributed by atoms with Crippen LogP contribution in [0.1, 0.15) is 56.3 Å². The van der Waals surface area contributed by atoms with Crippen LogP contribution in [0.5, 0.6) is 11.5 Å². The number of rotatable bonds is 10. The van der Waals surface area contributed by atoms with Crippen LogP contribution in [0.2, 0.25) is 0 Å². The fourth-order valence-electron chi connectivity index (χ4n) is 6.13. The van der Waals surface area contributed by atoms with E-state index in [1.807, 2.05) is 6.92 Å². The lowest BCUT2D eigenvalue weighted by atomic mass is 9.76. The molecule has 3 aliphatic rings. The second-order valence-corrected chi connectivity index (χ2v) is 17.9. The molecule has 15 heteroatoms. The molecule has 2 saturated carbocycles. The van der Waals surface area contributed by atoms with Gasteiger partial charge in [-0.05, 0) is 92.0 Å². The van der Waals surface area contributed by atoms with E-state index >= 15 is 0 Å². The summed E-state index contributed by atoms with van der Waals surface area (Å²) in [5.41, 5.74) is 0.00444. The highest BCUT2D eigenvalue weighted by Crippen LogP contribution is 2.39. The number of hydrogen-bond acceptors (Lipinski definition) is 9. The van der Waals surface area contributed by atoms with Crippen molar-refractivity contribution in [2.24, 2.45) is 11.3 Å². The largest absolute Gasteiger partial charge is 0.496 e. The van der Waals surface area contributed by atoms with Crippen LogP contribution in [-0.4, -0.2) is 67.8 Å². The van der Waals surface area contributed by atoms with Crippen molar-refractivity contribution in [3.8, 4) is 11.5 Å². The van der Waals surface area contributed by atoms with Gasteiger partial charge >= 0.3 is 0 Å². The molecule has 0 radical (unpaired) electrons. The normalized spacial score (nSPS) is 28.9. The highest BCUT2D eigenvalue weighted by molar-refractivity contribution is 14.1. The number of halogens is 2. The number of nitrogens with one attached hydrogen (secondary N) is 2. The highest BCUT2D eigenvalue weighted by Gasteiger charge is 2.51. The molecule has 2 aromatic rings. The van der Waals surface area contributed by atoms with Crippen LogP contribution >= 0.6 is 31.8 Å². The van der Waals surface area contributed by atoms with Gasteiger partial charge in [-0.1, -0.05) is 13.0 Å². The summed E-state index contributed by atoms with van der Waals surface area (Å²) >= 11 is 1.21. The maximum Gasteiger partial charge on any atom is 0.261 e. The first-order valence-corrected chi connectivity index (χ1v) is 18.0. The molecule has 250 valence electrons. The van der Waals surface area contributed by atoms with Gasteiger partial charge in [0.15, 0.2) is 0 Å². The number of methoxy groups -OCH3 is 1. The topological polar surface area (TPSA) is 146 Å². The number of carbonyl (C=O) groups is 3. The fraction of sp³-hybridized carbons (Fsp3) is 0.516. The summed E-state index contributed by atoms with van der Waals surface area (Å²) in [4.78, 5) is 38.6. The predicted molar refractivity (Wildman–Crippen MR) is 179 cm³/mol. The van der Waals surface area contributed by atoms with Crippen molar-refractivity contribution in [3.05, 3.63) is 42.0 Å². The predicted octanol–water partition coefficient (Wildman–Crippen LogP) is 4.07. The monoisotopic (exact) mass is 790 g/mol. The van der Waals surface area contributed by atoms with Crippen molar-refractivity contribution in [2.45, 2.75) is 78.2 Å². The Hall–Kier alpha value is -2.39. The molecule has 2 amide bonds. The summed E-state index contributed by atoms with van der Waals surface area (Å²) in [6.45, 7) is 2.90. The van der Waals surface area contributed by atoms with Crippen LogP contribution in [0.25, 0.3) is 0 Å². The molecule has 46 heavy (non-hydrogen) atoms. The van der Waals surface area contributed by atoms with Crippen molar-refractivity contribution < 1.29 is 46.1 Å². The number of sulfone groups is 1. The summed E-state index contributed by atoms with van der Waals surface area (Å²) in [5.74, 6) is -1.01. The van der Waals surface area contributed by atoms with E-state index in [2.05, 4.69) is 19.9 Å². The first-order valence-electron chi connectivity index (χ1n) is 14.8. The van der Waals surface area contributed by atoms with E-state index in [9.17, 15) is 27.2 Å². The zero-order chi connectivity index (χ0) is 33.4. The quantitative estimate of drug-likeness (QED) is 0.158. The fourth-order valence-corrected chi connectivity index (χ4v) is 8.14. The Labute approximate surface area is 283 Å². The second-order valence-electron chi connectivity index (χ2n) is 12.3. The molecule has 2 N–H and O–H groups in total. The summed E-state index contributed by atoms with van der Waals surface area (Å²) in [6, 6.07) is 7.86. The van der Waals surface area contributed by atoms with Gasteiger partial charge in [0.25, 0.3) is 8.91 Å². The molecule has 2 unspecified atom stereocenters. The Morgan fingerprint density at radius 2 is 1.89 bits per heavy atom. The molecule has 0 spiro atoms. The maximum absolute atomic E-state index is 14.4. The first kappa shape index (κ1) is 34.9. The standard InChI is InChI=1S/C31H37FIN2O9PS/c1-30(15-36)9-7-18(8-10-30)44-23-12-20(22(41-3)14-25(23)45)28(37)35-26-21(13-24-27(26)43-16-42-24)29(38)34-17-5-4-6-19(11-17)46(39,40)31(2,32)33/h4-6,11-12,14-15,18,21,24,26-27H,7-10,13,16,45H2,1-3H3,(H,34,38)(H,35,37)/t18?,21-,24-,26-,27-,30?,31?/m1/s1. The maximum atomic E-state index is 14.4. The van der Waals surface area contributed by atoms with Crippen molar-refractivity contribution in [1.29, 1.82) is 0 Å². The van der Waals surface area contributed by atoms with Crippen molar-refractivity contribution in [1.82, 2.24) is 5.32 Å². The second kappa shape index (κ2) is 13.6. The molecule has 0 bridgehead atoms. The van der Waals surface area contributed by atoms with E-state index < -0.39 is 48.8 Å². The summed E-state index contributed by atoms with van der Waals surface area (Å²) in [5, 5.41) is 6.36. The number of anilines is 1. The van der Waals surface area contributed by atoms with Crippen LogP contribution in [0.15, 0.2) is 41.3 Å². The van der Waals surface area contributed by atoms with Crippen LogP contribution < -0.4 is 25.4 Å². The van der Waals surface area contributed by atoms with Crippen molar-refractivity contribution in [3.63, 3.8) is 0 Å². The molecule has 2 aliphatic carbocycles. The Kier molecular flexibility index (Phi) is 10.3. The van der Waals surface area contributed by atoms with Gasteiger partial charge < -0.3 is 34.4 Å². The smallest absolute Gasteiger partial charge is 0.261 e. The zero-order valence-corrected chi connectivity index (χ0v) is 29.7. The summed E-state index contributed by atoms with van der Waals surface area (Å²) in [6.07, 6.45) is 2.90. The molecule has 1 saturated heterocycles. The molecule has 11 nitrogen and oxygen atoms in total. The average Bonchev–Trinajstić information content (AvgIpc) is 3.61. The minimum atomic E-state index is -4.32. The Morgan fingerprint density at radius 3 is 2.54 bits per heavy atom. The van der Waals surface area contributed by atoms with Gasteiger partial charge in [-0.25, -0.2) is 12.8 Å². The van der Waals surface area contributed by atoms with Crippen LogP contribution in [0.4, 0.5) is 10.1 Å². The molecule has 6 atom stereocenters. The van der Waals surface area contributed by atoms with Crippen molar-refractivity contribution in [2.75, 3.05) is 19.2 Å². The highest BCUT2D eigenvalue weighted by atomic mass is 127. The first-order chi connectivity index (χ1) is 21.7. The van der Waals surface area contributed by atoms with Gasteiger partial charge in [0.2, 0.25) is 15.7 Å². The number of fused-ring (bicyclic) bond motifs is 1. The Bertz CT molecular complexity index is 1610. The SMILES string of the molecule is COc1cc(P)c(OC2CCC(C)(C=O)CC2)cc1C(=O)N[C@H]1[C@@H]2OCO[C@@H]2C[C@H]1C(=O)Nc1cccc(S(=O)(=O)C(C)(F)I)c1. The molecule has 5 rings (SSSR count). The van der Waals surface area contributed by atoms with Crippen LogP contribution in [0.3, 0.4) is 0 Å². The number of ether oxygens (including phenoxy) is 4. The molecule has 2 aromatic carbocycles. The van der Waals surface area contributed by atoms with Crippen LogP contribution in [-0.2, 0) is 28.9 Å². The van der Waals surface area contributed by atoms with Gasteiger partial charge in [-0.2, -0.15) is 0 Å². The third-order valence-electron chi connectivity index (χ3n) is 8.93. The van der Waals surface area contributed by atoms with E-state index in [1.54, 1.807) is 12.1 Å². The van der Waals surface area contributed by atoms with Crippen molar-refractivity contribution >= 4 is 70.8 Å². The minimum Gasteiger partial charge on any atom is -0.496 e. The van der Waals surface area contributed by atoms with E-state index in [0.29, 0.717) is 42.5 Å². The van der Waals surface area contributed by atoms with Crippen LogP contribution in [0, 0.1) is 11.3 Å². The minimum absolute atomic E-state index is 0.0157. The van der Waals surface area contributed by atoms with E-state index in [-0.39, 0.29) is 40.9 Å². The van der Waals surface area contributed by atoms with Gasteiger partial charge in [0.1, 0.15) is 30.7 Å². The third kappa shape index (κ3) is 7.20.